The van der Waals surface area contributed by atoms with E-state index in [0.717, 1.165) is 17.5 Å². The molecule has 0 saturated carbocycles. The van der Waals surface area contributed by atoms with Crippen LogP contribution < -0.4 is 10.4 Å². The molecule has 96 valence electrons. The van der Waals surface area contributed by atoms with E-state index in [9.17, 15) is 0 Å². The lowest BCUT2D eigenvalue weighted by Gasteiger charge is -2.05. The summed E-state index contributed by atoms with van der Waals surface area (Å²) in [5, 5.41) is 5.24. The summed E-state index contributed by atoms with van der Waals surface area (Å²) in [7, 11) is 0. The third kappa shape index (κ3) is 2.39. The monoisotopic (exact) mass is 248 g/mol. The Hall–Kier alpha value is -2.08. The molecule has 19 heavy (non-hydrogen) atoms. The summed E-state index contributed by atoms with van der Waals surface area (Å²) in [5.41, 5.74) is 2.30. The summed E-state index contributed by atoms with van der Waals surface area (Å²) in [4.78, 5) is 0. The Labute approximate surface area is 115 Å². The van der Waals surface area contributed by atoms with E-state index in [1.54, 1.807) is 0 Å². The lowest BCUT2D eigenvalue weighted by atomic mass is 10.00. The Morgan fingerprint density at radius 3 is 1.58 bits per heavy atom. The zero-order valence-corrected chi connectivity index (χ0v) is 11.7. The Kier molecular flexibility index (Phi) is 4.01. The van der Waals surface area contributed by atoms with Crippen molar-refractivity contribution in [1.82, 2.24) is 0 Å². The Morgan fingerprint density at radius 2 is 1.21 bits per heavy atom. The molecule has 0 heterocycles. The molecule has 1 aliphatic rings. The molecular weight excluding hydrogens is 228 g/mol. The van der Waals surface area contributed by atoms with Crippen molar-refractivity contribution in [2.75, 3.05) is 0 Å². The van der Waals surface area contributed by atoms with Crippen LogP contribution in [0.2, 0.25) is 0 Å². The van der Waals surface area contributed by atoms with Crippen LogP contribution in [0.4, 0.5) is 0 Å². The highest BCUT2D eigenvalue weighted by Gasteiger charge is 2.02. The minimum atomic E-state index is 1.05. The van der Waals surface area contributed by atoms with Gasteiger partial charge in [-0.2, -0.15) is 0 Å². The number of benzene rings is 2. The quantitative estimate of drug-likeness (QED) is 0.750. The van der Waals surface area contributed by atoms with Crippen molar-refractivity contribution >= 4 is 35.1 Å². The number of fused-ring (bicyclic) bond motifs is 2. The molecule has 0 atom stereocenters. The predicted molar refractivity (Wildman–Crippen MR) is 88.3 cm³/mol. The zero-order chi connectivity index (χ0) is 13.8. The largest absolute Gasteiger partial charge is 0.0984 e. The van der Waals surface area contributed by atoms with Crippen molar-refractivity contribution in [2.24, 2.45) is 0 Å². The molecule has 0 aliphatic heterocycles. The van der Waals surface area contributed by atoms with Gasteiger partial charge in [-0.25, -0.2) is 0 Å². The van der Waals surface area contributed by atoms with Crippen LogP contribution in [0.15, 0.2) is 37.4 Å². The van der Waals surface area contributed by atoms with E-state index in [4.69, 9.17) is 0 Å². The minimum Gasteiger partial charge on any atom is -0.0984 e. The first-order chi connectivity index (χ1) is 9.31. The molecule has 0 unspecified atom stereocenters. The van der Waals surface area contributed by atoms with Crippen LogP contribution in [0.5, 0.6) is 0 Å². The Bertz CT molecular complexity index is 681. The maximum Gasteiger partial charge on any atom is -0.0151 e. The maximum absolute atomic E-state index is 3.86. The molecule has 0 bridgehead atoms. The fourth-order valence-electron chi connectivity index (χ4n) is 2.44. The fraction of sp³-hybridized carbons (Fsp3) is 0.158. The smallest absolute Gasteiger partial charge is 0.0151 e. The molecule has 0 spiro atoms. The van der Waals surface area contributed by atoms with Crippen LogP contribution in [0.3, 0.4) is 0 Å². The molecule has 0 fully saturated rings. The Morgan fingerprint density at radius 1 is 0.789 bits per heavy atom. The topological polar surface area (TPSA) is 0 Å². The minimum absolute atomic E-state index is 1.05. The molecular formula is C19H20. The van der Waals surface area contributed by atoms with E-state index in [1.807, 2.05) is 26.0 Å². The number of hydrogen-bond acceptors (Lipinski definition) is 0. The summed E-state index contributed by atoms with van der Waals surface area (Å²) in [5.74, 6) is 0. The van der Waals surface area contributed by atoms with Gasteiger partial charge in [0, 0.05) is 0 Å². The predicted octanol–water partition coefficient (Wildman–Crippen LogP) is 4.12. The van der Waals surface area contributed by atoms with E-state index in [1.165, 1.54) is 21.2 Å². The first-order valence-corrected chi connectivity index (χ1v) is 6.85. The molecule has 0 amide bonds. The second-order valence-electron chi connectivity index (χ2n) is 4.36. The highest BCUT2D eigenvalue weighted by Crippen LogP contribution is 2.20. The van der Waals surface area contributed by atoms with E-state index in [0.29, 0.717) is 0 Å². The van der Waals surface area contributed by atoms with Crippen LogP contribution in [-0.4, -0.2) is 0 Å². The molecule has 2 aromatic rings. The van der Waals surface area contributed by atoms with Crippen molar-refractivity contribution in [3.8, 4) is 0 Å². The van der Waals surface area contributed by atoms with Crippen LogP contribution in [0.25, 0.3) is 35.1 Å². The van der Waals surface area contributed by atoms with E-state index in [-0.39, 0.29) is 0 Å². The van der Waals surface area contributed by atoms with Gasteiger partial charge in [0.1, 0.15) is 0 Å². The van der Waals surface area contributed by atoms with Gasteiger partial charge in [0.15, 0.2) is 0 Å². The first-order valence-electron chi connectivity index (χ1n) is 6.85. The summed E-state index contributed by atoms with van der Waals surface area (Å²) >= 11 is 0. The van der Waals surface area contributed by atoms with E-state index in [2.05, 4.69) is 49.6 Å². The lowest BCUT2D eigenvalue weighted by Crippen LogP contribution is -2.20. The summed E-state index contributed by atoms with van der Waals surface area (Å²) in [6.07, 6.45) is 9.36. The highest BCUT2D eigenvalue weighted by molar-refractivity contribution is 5.89. The van der Waals surface area contributed by atoms with Gasteiger partial charge in [0.2, 0.25) is 0 Å². The molecule has 2 aromatic carbocycles. The number of hydrogen-bond donors (Lipinski definition) is 0. The second kappa shape index (κ2) is 5.71. The molecule has 0 aromatic heterocycles. The van der Waals surface area contributed by atoms with Gasteiger partial charge < -0.3 is 0 Å². The molecule has 0 saturated heterocycles. The normalized spacial score (nSPS) is 11.7. The van der Waals surface area contributed by atoms with Crippen LogP contribution in [-0.2, 0) is 0 Å². The van der Waals surface area contributed by atoms with Gasteiger partial charge in [-0.15, -0.1) is 0 Å². The third-order valence-electron chi connectivity index (χ3n) is 3.36. The summed E-state index contributed by atoms with van der Waals surface area (Å²) in [6.45, 7) is 11.7. The fourth-order valence-corrected chi connectivity index (χ4v) is 2.44. The molecule has 1 aliphatic carbocycles. The van der Waals surface area contributed by atoms with Crippen molar-refractivity contribution in [3.63, 3.8) is 0 Å². The van der Waals surface area contributed by atoms with Gasteiger partial charge in [0.25, 0.3) is 0 Å². The average Bonchev–Trinajstić information content (AvgIpc) is 2.92. The lowest BCUT2D eigenvalue weighted by molar-refractivity contribution is 1.50. The standard InChI is InChI=1S/C17H14.C2H6/c1-3-12-8-16-10-14-6-5-7-15(14)11-17(16)9-13(12)4-2;1-2/h3-4,6-11H,1-2,5H2;1-2H3. The van der Waals surface area contributed by atoms with Gasteiger partial charge >= 0.3 is 0 Å². The van der Waals surface area contributed by atoms with Gasteiger partial charge in [0.05, 0.1) is 0 Å². The van der Waals surface area contributed by atoms with Gasteiger partial charge in [-0.1, -0.05) is 51.3 Å². The van der Waals surface area contributed by atoms with Crippen molar-refractivity contribution in [1.29, 1.82) is 0 Å². The van der Waals surface area contributed by atoms with Gasteiger partial charge in [-0.05, 0) is 63.0 Å². The maximum atomic E-state index is 3.86. The Balaban J connectivity index is 0.000000637. The van der Waals surface area contributed by atoms with Crippen molar-refractivity contribution in [3.05, 3.63) is 59.0 Å². The zero-order valence-electron chi connectivity index (χ0n) is 11.7. The van der Waals surface area contributed by atoms with Crippen LogP contribution in [0.1, 0.15) is 31.4 Å². The van der Waals surface area contributed by atoms with Crippen molar-refractivity contribution < 1.29 is 0 Å². The van der Waals surface area contributed by atoms with Crippen LogP contribution >= 0.6 is 0 Å². The molecule has 0 radical (unpaired) electrons. The highest BCUT2D eigenvalue weighted by atomic mass is 14.1. The third-order valence-corrected chi connectivity index (χ3v) is 3.36. The first kappa shape index (κ1) is 13.4. The SMILES string of the molecule is C=Cc1cc2cc3c(cc2cc1C=C)=CCC=3.CC. The van der Waals surface area contributed by atoms with E-state index >= 15 is 0 Å². The number of rotatable bonds is 2. The molecule has 3 rings (SSSR count). The average molecular weight is 248 g/mol. The van der Waals surface area contributed by atoms with Crippen LogP contribution in [0, 0.1) is 0 Å². The van der Waals surface area contributed by atoms with E-state index < -0.39 is 0 Å². The summed E-state index contributed by atoms with van der Waals surface area (Å²) < 4.78 is 0. The summed E-state index contributed by atoms with van der Waals surface area (Å²) in [6, 6.07) is 8.89. The van der Waals surface area contributed by atoms with Crippen molar-refractivity contribution in [2.45, 2.75) is 20.3 Å². The molecule has 0 N–H and O–H groups in total. The molecule has 0 nitrogen and oxygen atoms in total. The van der Waals surface area contributed by atoms with Gasteiger partial charge in [-0.3, -0.25) is 0 Å². The second-order valence-corrected chi connectivity index (χ2v) is 4.36. The molecule has 0 heteroatoms.